The van der Waals surface area contributed by atoms with Gasteiger partial charge in [-0.25, -0.2) is 8.42 Å². The van der Waals surface area contributed by atoms with Crippen LogP contribution in [-0.4, -0.2) is 55.4 Å². The third-order valence-corrected chi connectivity index (χ3v) is 7.16. The third-order valence-electron chi connectivity index (χ3n) is 5.47. The van der Waals surface area contributed by atoms with Gasteiger partial charge in [0.25, 0.3) is 0 Å². The molecule has 1 aliphatic carbocycles. The highest BCUT2D eigenvalue weighted by atomic mass is 32.2. The van der Waals surface area contributed by atoms with Gasteiger partial charge in [0.05, 0.1) is 24.1 Å². The van der Waals surface area contributed by atoms with Crippen LogP contribution in [0.2, 0.25) is 0 Å². The van der Waals surface area contributed by atoms with Crippen molar-refractivity contribution >= 4 is 21.4 Å². The first-order chi connectivity index (χ1) is 11.1. The van der Waals surface area contributed by atoms with E-state index in [2.05, 4.69) is 4.90 Å². The second kappa shape index (κ2) is 5.60. The summed E-state index contributed by atoms with van der Waals surface area (Å²) in [5.74, 6) is 0.299. The summed E-state index contributed by atoms with van der Waals surface area (Å²) in [6.07, 6.45) is 4.54. The number of fused-ring (bicyclic) bond motifs is 1. The van der Waals surface area contributed by atoms with E-state index in [0.717, 1.165) is 18.5 Å². The Bertz CT molecular complexity index is 698. The third kappa shape index (κ3) is 2.68. The fourth-order valence-corrected chi connectivity index (χ4v) is 6.43. The Hall–Kier alpha value is -1.40. The number of carbonyl (C=O) groups excluding carboxylic acids is 1. The Morgan fingerprint density at radius 2 is 1.61 bits per heavy atom. The van der Waals surface area contributed by atoms with E-state index in [1.54, 1.807) is 4.90 Å². The summed E-state index contributed by atoms with van der Waals surface area (Å²) < 4.78 is 24.6. The predicted molar refractivity (Wildman–Crippen MR) is 89.1 cm³/mol. The van der Waals surface area contributed by atoms with E-state index in [-0.39, 0.29) is 29.5 Å². The van der Waals surface area contributed by atoms with Crippen LogP contribution < -0.4 is 4.90 Å². The molecule has 5 nitrogen and oxygen atoms in total. The highest BCUT2D eigenvalue weighted by molar-refractivity contribution is 7.91. The number of hydrogen-bond acceptors (Lipinski definition) is 4. The Morgan fingerprint density at radius 3 is 2.30 bits per heavy atom. The zero-order chi connectivity index (χ0) is 16.0. The number of benzene rings is 1. The van der Waals surface area contributed by atoms with Gasteiger partial charge in [-0.15, -0.1) is 0 Å². The van der Waals surface area contributed by atoms with Crippen LogP contribution in [0, 0.1) is 0 Å². The van der Waals surface area contributed by atoms with Gasteiger partial charge in [-0.2, -0.15) is 0 Å². The van der Waals surface area contributed by atoms with Gasteiger partial charge in [0.1, 0.15) is 0 Å². The number of rotatable bonds is 2. The molecule has 2 unspecified atom stereocenters. The first-order valence-electron chi connectivity index (χ1n) is 8.38. The Balaban J connectivity index is 1.70. The summed E-state index contributed by atoms with van der Waals surface area (Å²) in [4.78, 5) is 16.7. The second-order valence-electron chi connectivity index (χ2n) is 6.92. The summed E-state index contributed by atoms with van der Waals surface area (Å²) in [6.45, 7) is 0.343. The quantitative estimate of drug-likeness (QED) is 0.821. The molecule has 3 fully saturated rings. The lowest BCUT2D eigenvalue weighted by Gasteiger charge is -2.45. The van der Waals surface area contributed by atoms with Gasteiger partial charge >= 0.3 is 0 Å². The van der Waals surface area contributed by atoms with E-state index in [1.165, 1.54) is 12.8 Å². The van der Waals surface area contributed by atoms with Crippen molar-refractivity contribution in [3.63, 3.8) is 0 Å². The van der Waals surface area contributed by atoms with Gasteiger partial charge < -0.3 is 4.90 Å². The zero-order valence-corrected chi connectivity index (χ0v) is 13.9. The molecule has 1 saturated carbocycles. The standard InChI is InChI=1S/C17H22N2O3S/c20-17-10-18(13-6-4-5-7-13)15-11-23(21,22)12-16(15)19(17)14-8-2-1-3-9-14/h1-3,8-9,13,15-16H,4-7,10-12H2. The minimum absolute atomic E-state index is 0.0291. The molecule has 2 aliphatic heterocycles. The molecule has 2 saturated heterocycles. The van der Waals surface area contributed by atoms with Crippen LogP contribution in [-0.2, 0) is 14.6 Å². The molecule has 23 heavy (non-hydrogen) atoms. The van der Waals surface area contributed by atoms with Crippen molar-refractivity contribution in [1.82, 2.24) is 4.90 Å². The summed E-state index contributed by atoms with van der Waals surface area (Å²) in [7, 11) is -3.09. The molecule has 0 N–H and O–H groups in total. The molecule has 6 heteroatoms. The second-order valence-corrected chi connectivity index (χ2v) is 9.08. The zero-order valence-electron chi connectivity index (χ0n) is 13.1. The van der Waals surface area contributed by atoms with Crippen LogP contribution in [0.5, 0.6) is 0 Å². The molecule has 2 heterocycles. The van der Waals surface area contributed by atoms with Gasteiger partial charge in [0, 0.05) is 17.8 Å². The summed E-state index contributed by atoms with van der Waals surface area (Å²) in [6, 6.07) is 9.56. The number of nitrogens with zero attached hydrogens (tertiary/aromatic N) is 2. The number of hydrogen-bond donors (Lipinski definition) is 0. The highest BCUT2D eigenvalue weighted by Gasteiger charge is 2.51. The van der Waals surface area contributed by atoms with Gasteiger partial charge in [0.2, 0.25) is 5.91 Å². The molecule has 0 spiro atoms. The van der Waals surface area contributed by atoms with Crippen LogP contribution in [0.3, 0.4) is 0 Å². The molecule has 3 aliphatic rings. The van der Waals surface area contributed by atoms with E-state index in [0.29, 0.717) is 12.6 Å². The van der Waals surface area contributed by atoms with Crippen LogP contribution in [0.25, 0.3) is 0 Å². The van der Waals surface area contributed by atoms with Gasteiger partial charge in [-0.05, 0) is 25.0 Å². The van der Waals surface area contributed by atoms with Crippen molar-refractivity contribution in [2.75, 3.05) is 23.0 Å². The fourth-order valence-electron chi connectivity index (χ4n) is 4.47. The molecule has 2 atom stereocenters. The lowest BCUT2D eigenvalue weighted by atomic mass is 10.00. The minimum atomic E-state index is -3.09. The lowest BCUT2D eigenvalue weighted by molar-refractivity contribution is -0.124. The molecule has 0 radical (unpaired) electrons. The Kier molecular flexibility index (Phi) is 3.69. The topological polar surface area (TPSA) is 57.7 Å². The first-order valence-corrected chi connectivity index (χ1v) is 10.2. The smallest absolute Gasteiger partial charge is 0.241 e. The van der Waals surface area contributed by atoms with Gasteiger partial charge in [0.15, 0.2) is 9.84 Å². The number of piperazine rings is 1. The average molecular weight is 334 g/mol. The normalized spacial score (nSPS) is 31.5. The SMILES string of the molecule is O=C1CN(C2CCCC2)C2CS(=O)(=O)CC2N1c1ccccc1. The molecule has 124 valence electrons. The molecule has 1 aromatic rings. The summed E-state index contributed by atoms with van der Waals surface area (Å²) in [5.41, 5.74) is 0.815. The molecule has 0 bridgehead atoms. The number of anilines is 1. The summed E-state index contributed by atoms with van der Waals surface area (Å²) >= 11 is 0. The van der Waals surface area contributed by atoms with E-state index >= 15 is 0 Å². The maximum absolute atomic E-state index is 12.8. The van der Waals surface area contributed by atoms with E-state index in [9.17, 15) is 13.2 Å². The number of sulfone groups is 1. The number of carbonyl (C=O) groups is 1. The predicted octanol–water partition coefficient (Wildman–Crippen LogP) is 1.44. The van der Waals surface area contributed by atoms with Crippen LogP contribution >= 0.6 is 0 Å². The van der Waals surface area contributed by atoms with Crippen LogP contribution in [0.15, 0.2) is 30.3 Å². The fraction of sp³-hybridized carbons (Fsp3) is 0.588. The summed E-state index contributed by atoms with van der Waals surface area (Å²) in [5, 5.41) is 0. The lowest BCUT2D eigenvalue weighted by Crippen LogP contribution is -2.64. The first kappa shape index (κ1) is 15.1. The van der Waals surface area contributed by atoms with Crippen molar-refractivity contribution in [3.8, 4) is 0 Å². The largest absolute Gasteiger partial charge is 0.306 e. The van der Waals surface area contributed by atoms with Crippen molar-refractivity contribution < 1.29 is 13.2 Å². The van der Waals surface area contributed by atoms with Gasteiger partial charge in [-0.3, -0.25) is 9.69 Å². The minimum Gasteiger partial charge on any atom is -0.306 e. The van der Waals surface area contributed by atoms with Crippen LogP contribution in [0.1, 0.15) is 25.7 Å². The van der Waals surface area contributed by atoms with Crippen molar-refractivity contribution in [2.45, 2.75) is 43.8 Å². The number of para-hydroxylation sites is 1. The highest BCUT2D eigenvalue weighted by Crippen LogP contribution is 2.35. The molecule has 1 aromatic carbocycles. The maximum Gasteiger partial charge on any atom is 0.241 e. The molecule has 4 rings (SSSR count). The van der Waals surface area contributed by atoms with Crippen molar-refractivity contribution in [1.29, 1.82) is 0 Å². The monoisotopic (exact) mass is 334 g/mol. The Labute approximate surface area is 137 Å². The Morgan fingerprint density at radius 1 is 0.957 bits per heavy atom. The van der Waals surface area contributed by atoms with E-state index < -0.39 is 9.84 Å². The average Bonchev–Trinajstić information content (AvgIpc) is 3.14. The van der Waals surface area contributed by atoms with Crippen LogP contribution in [0.4, 0.5) is 5.69 Å². The van der Waals surface area contributed by atoms with Gasteiger partial charge in [-0.1, -0.05) is 31.0 Å². The molecular formula is C17H22N2O3S. The van der Waals surface area contributed by atoms with Crippen molar-refractivity contribution in [2.24, 2.45) is 0 Å². The molecule has 0 aromatic heterocycles. The van der Waals surface area contributed by atoms with E-state index in [1.807, 2.05) is 30.3 Å². The van der Waals surface area contributed by atoms with E-state index in [4.69, 9.17) is 0 Å². The maximum atomic E-state index is 12.8. The van der Waals surface area contributed by atoms with Crippen molar-refractivity contribution in [3.05, 3.63) is 30.3 Å². The number of amides is 1. The molecule has 1 amide bonds. The molecular weight excluding hydrogens is 312 g/mol.